The van der Waals surface area contributed by atoms with E-state index in [0.717, 1.165) is 24.2 Å². The van der Waals surface area contributed by atoms with Crippen molar-refractivity contribution in [1.29, 1.82) is 0 Å². The van der Waals surface area contributed by atoms with Gasteiger partial charge in [0.05, 0.1) is 18.9 Å². The molecule has 0 spiro atoms. The van der Waals surface area contributed by atoms with Crippen molar-refractivity contribution in [3.05, 3.63) is 35.7 Å². The van der Waals surface area contributed by atoms with Crippen molar-refractivity contribution in [1.82, 2.24) is 20.2 Å². The molecule has 146 valence electrons. The lowest BCUT2D eigenvalue weighted by molar-refractivity contribution is -0.119. The van der Waals surface area contributed by atoms with Crippen LogP contribution >= 0.6 is 11.8 Å². The Labute approximate surface area is 164 Å². The molecule has 1 atom stereocenters. The van der Waals surface area contributed by atoms with Crippen molar-refractivity contribution < 1.29 is 9.53 Å². The van der Waals surface area contributed by atoms with E-state index in [9.17, 15) is 4.79 Å². The normalized spacial score (nSPS) is 15.4. The molecular formula is C19H27N5O2S. The maximum absolute atomic E-state index is 12.5. The number of hydrogen-bond acceptors (Lipinski definition) is 6. The number of carbonyl (C=O) groups is 1. The van der Waals surface area contributed by atoms with Crippen LogP contribution in [0.5, 0.6) is 5.75 Å². The van der Waals surface area contributed by atoms with E-state index in [2.05, 4.69) is 15.5 Å². The summed E-state index contributed by atoms with van der Waals surface area (Å²) in [6, 6.07) is 7.92. The molecule has 0 bridgehead atoms. The second kappa shape index (κ2) is 7.80. The molecule has 3 N–H and O–H groups in total. The Morgan fingerprint density at radius 3 is 2.52 bits per heavy atom. The summed E-state index contributed by atoms with van der Waals surface area (Å²) in [7, 11) is 1.65. The van der Waals surface area contributed by atoms with Crippen molar-refractivity contribution in [3.63, 3.8) is 0 Å². The first-order valence-electron chi connectivity index (χ1n) is 9.06. The molecule has 1 aromatic heterocycles. The maximum Gasteiger partial charge on any atom is 0.230 e. The zero-order chi connectivity index (χ0) is 19.6. The highest BCUT2D eigenvalue weighted by Crippen LogP contribution is 2.41. The van der Waals surface area contributed by atoms with Crippen molar-refractivity contribution in [2.75, 3.05) is 18.7 Å². The SMILES string of the molecule is COc1ccc(C(NC(=O)CSc2nnc(C(C)(C)C)n2N)C2CC2)cc1. The minimum absolute atomic E-state index is 0.0323. The molecule has 1 unspecified atom stereocenters. The van der Waals surface area contributed by atoms with Crippen molar-refractivity contribution in [2.45, 2.75) is 50.2 Å². The average molecular weight is 390 g/mol. The molecule has 2 aromatic rings. The molecule has 1 aromatic carbocycles. The van der Waals surface area contributed by atoms with Gasteiger partial charge in [0, 0.05) is 5.41 Å². The zero-order valence-electron chi connectivity index (χ0n) is 16.2. The van der Waals surface area contributed by atoms with Gasteiger partial charge in [0.15, 0.2) is 5.82 Å². The van der Waals surface area contributed by atoms with Gasteiger partial charge in [-0.3, -0.25) is 4.79 Å². The Hall–Kier alpha value is -2.22. The van der Waals surface area contributed by atoms with E-state index in [1.165, 1.54) is 16.4 Å². The highest BCUT2D eigenvalue weighted by atomic mass is 32.2. The van der Waals surface area contributed by atoms with E-state index in [0.29, 0.717) is 16.9 Å². The fourth-order valence-electron chi connectivity index (χ4n) is 2.95. The first-order valence-corrected chi connectivity index (χ1v) is 10.0. The van der Waals surface area contributed by atoms with Crippen molar-refractivity contribution >= 4 is 17.7 Å². The number of nitrogens with zero attached hydrogens (tertiary/aromatic N) is 3. The summed E-state index contributed by atoms with van der Waals surface area (Å²) in [5.74, 6) is 8.30. The molecule has 1 aliphatic carbocycles. The van der Waals surface area contributed by atoms with Gasteiger partial charge in [-0.1, -0.05) is 44.7 Å². The summed E-state index contributed by atoms with van der Waals surface area (Å²) in [5, 5.41) is 12.0. The highest BCUT2D eigenvalue weighted by molar-refractivity contribution is 7.99. The number of carbonyl (C=O) groups excluding carboxylic acids is 1. The van der Waals surface area contributed by atoms with Gasteiger partial charge in [0.25, 0.3) is 0 Å². The molecule has 1 saturated carbocycles. The number of benzene rings is 1. The number of methoxy groups -OCH3 is 1. The first kappa shape index (κ1) is 19.5. The molecule has 1 fully saturated rings. The van der Waals surface area contributed by atoms with Gasteiger partial charge >= 0.3 is 0 Å². The second-order valence-corrected chi connectivity index (χ2v) is 8.81. The Morgan fingerprint density at radius 1 is 1.33 bits per heavy atom. The largest absolute Gasteiger partial charge is 0.497 e. The van der Waals surface area contributed by atoms with Crippen LogP contribution in [-0.2, 0) is 10.2 Å². The lowest BCUT2D eigenvalue weighted by atomic mass is 9.96. The van der Waals surface area contributed by atoms with E-state index in [1.54, 1.807) is 7.11 Å². The van der Waals surface area contributed by atoms with E-state index in [4.69, 9.17) is 10.6 Å². The standard InChI is InChI=1S/C19H27N5O2S/c1-19(2,3)17-22-23-18(24(17)20)27-11-15(25)21-16(12-5-6-12)13-7-9-14(26-4)10-8-13/h7-10,12,16H,5-6,11,20H2,1-4H3,(H,21,25). The lowest BCUT2D eigenvalue weighted by Crippen LogP contribution is -2.31. The Bertz CT molecular complexity index is 793. The predicted molar refractivity (Wildman–Crippen MR) is 106 cm³/mol. The summed E-state index contributed by atoms with van der Waals surface area (Å²) >= 11 is 1.30. The molecule has 27 heavy (non-hydrogen) atoms. The first-order chi connectivity index (χ1) is 12.8. The van der Waals surface area contributed by atoms with Gasteiger partial charge in [-0.2, -0.15) is 0 Å². The quantitative estimate of drug-likeness (QED) is 0.558. The Balaban J connectivity index is 1.61. The zero-order valence-corrected chi connectivity index (χ0v) is 17.0. The number of aromatic nitrogens is 3. The van der Waals surface area contributed by atoms with Crippen LogP contribution in [0.2, 0.25) is 0 Å². The molecule has 8 heteroatoms. The summed E-state index contributed by atoms with van der Waals surface area (Å²) < 4.78 is 6.68. The Kier molecular flexibility index (Phi) is 5.64. The molecule has 0 saturated heterocycles. The molecule has 1 amide bonds. The number of hydrogen-bond donors (Lipinski definition) is 2. The van der Waals surface area contributed by atoms with Crippen LogP contribution in [0.3, 0.4) is 0 Å². The number of amides is 1. The molecule has 7 nitrogen and oxygen atoms in total. The van der Waals surface area contributed by atoms with Gasteiger partial charge in [-0.25, -0.2) is 4.68 Å². The number of nitrogens with one attached hydrogen (secondary N) is 1. The number of nitrogen functional groups attached to an aromatic ring is 1. The number of rotatable bonds is 7. The van der Waals surface area contributed by atoms with Gasteiger partial charge in [-0.05, 0) is 36.5 Å². The van der Waals surface area contributed by atoms with E-state index >= 15 is 0 Å². The third-order valence-electron chi connectivity index (χ3n) is 4.55. The van der Waals surface area contributed by atoms with Crippen LogP contribution in [0.15, 0.2) is 29.4 Å². The maximum atomic E-state index is 12.5. The van der Waals surface area contributed by atoms with Crippen LogP contribution in [0, 0.1) is 5.92 Å². The average Bonchev–Trinajstić information content (AvgIpc) is 3.39. The molecule has 3 rings (SSSR count). The van der Waals surface area contributed by atoms with Gasteiger partial charge in [0.2, 0.25) is 11.1 Å². The van der Waals surface area contributed by atoms with E-state index in [1.807, 2.05) is 45.0 Å². The van der Waals surface area contributed by atoms with Crippen molar-refractivity contribution in [2.24, 2.45) is 5.92 Å². The fourth-order valence-corrected chi connectivity index (χ4v) is 3.61. The number of ether oxygens (including phenoxy) is 1. The lowest BCUT2D eigenvalue weighted by Gasteiger charge is -2.19. The van der Waals surface area contributed by atoms with Crippen molar-refractivity contribution in [3.8, 4) is 5.75 Å². The second-order valence-electron chi connectivity index (χ2n) is 7.87. The monoisotopic (exact) mass is 389 g/mol. The summed E-state index contributed by atoms with van der Waals surface area (Å²) in [6.45, 7) is 6.07. The Morgan fingerprint density at radius 2 is 2.00 bits per heavy atom. The molecule has 1 heterocycles. The van der Waals surface area contributed by atoms with Crippen LogP contribution in [-0.4, -0.2) is 33.6 Å². The molecule has 0 radical (unpaired) electrons. The summed E-state index contributed by atoms with van der Waals surface area (Å²) in [4.78, 5) is 12.5. The summed E-state index contributed by atoms with van der Waals surface area (Å²) in [5.41, 5.74) is 0.905. The predicted octanol–water partition coefficient (Wildman–Crippen LogP) is 2.66. The van der Waals surface area contributed by atoms with Crippen LogP contribution < -0.4 is 15.9 Å². The van der Waals surface area contributed by atoms with Gasteiger partial charge in [-0.15, -0.1) is 10.2 Å². The van der Waals surface area contributed by atoms with Crippen LogP contribution in [0.4, 0.5) is 0 Å². The van der Waals surface area contributed by atoms with Gasteiger partial charge < -0.3 is 15.9 Å². The molecule has 1 aliphatic rings. The summed E-state index contributed by atoms with van der Waals surface area (Å²) in [6.07, 6.45) is 2.27. The highest BCUT2D eigenvalue weighted by Gasteiger charge is 2.33. The molecule has 0 aliphatic heterocycles. The third kappa shape index (κ3) is 4.74. The topological polar surface area (TPSA) is 95.1 Å². The number of nitrogens with two attached hydrogens (primary N) is 1. The van der Waals surface area contributed by atoms with Crippen LogP contribution in [0.25, 0.3) is 0 Å². The van der Waals surface area contributed by atoms with Crippen LogP contribution in [0.1, 0.15) is 51.0 Å². The fraction of sp³-hybridized carbons (Fsp3) is 0.526. The smallest absolute Gasteiger partial charge is 0.230 e. The number of thioether (sulfide) groups is 1. The molecular weight excluding hydrogens is 362 g/mol. The minimum atomic E-state index is -0.200. The third-order valence-corrected chi connectivity index (χ3v) is 5.50. The van der Waals surface area contributed by atoms with E-state index < -0.39 is 0 Å². The van der Waals surface area contributed by atoms with E-state index in [-0.39, 0.29) is 23.1 Å². The van der Waals surface area contributed by atoms with Gasteiger partial charge in [0.1, 0.15) is 5.75 Å². The minimum Gasteiger partial charge on any atom is -0.497 e.